The summed E-state index contributed by atoms with van der Waals surface area (Å²) in [4.78, 5) is 19.8. The van der Waals surface area contributed by atoms with E-state index < -0.39 is 11.4 Å². The van der Waals surface area contributed by atoms with Crippen LogP contribution in [0.2, 0.25) is 0 Å². The Balaban J connectivity index is 2.14. The Labute approximate surface area is 114 Å². The Bertz CT molecular complexity index is 707. The van der Waals surface area contributed by atoms with Crippen LogP contribution in [0.15, 0.2) is 23.0 Å². The lowest BCUT2D eigenvalue weighted by atomic mass is 10.3. The zero-order valence-corrected chi connectivity index (χ0v) is 11.0. The van der Waals surface area contributed by atoms with E-state index in [4.69, 9.17) is 0 Å². The zero-order valence-electron chi connectivity index (χ0n) is 11.0. The number of fused-ring (bicyclic) bond motifs is 1. The molecule has 1 aliphatic rings. The van der Waals surface area contributed by atoms with Gasteiger partial charge in [-0.25, -0.2) is 9.37 Å². The number of benzene rings is 1. The number of nitrogens with zero attached hydrogens (tertiary/aromatic N) is 4. The molecule has 0 spiro atoms. The molecule has 0 atom stereocenters. The number of rotatable bonds is 1. The summed E-state index contributed by atoms with van der Waals surface area (Å²) in [6.45, 7) is 2.64. The first-order valence-corrected chi connectivity index (χ1v) is 6.39. The van der Waals surface area contributed by atoms with E-state index in [1.807, 2.05) is 7.05 Å². The molecule has 0 amide bonds. The van der Waals surface area contributed by atoms with Crippen LogP contribution in [0.25, 0.3) is 11.0 Å². The van der Waals surface area contributed by atoms with Crippen molar-refractivity contribution in [1.82, 2.24) is 14.7 Å². The van der Waals surface area contributed by atoms with Gasteiger partial charge in [0.1, 0.15) is 11.0 Å². The Morgan fingerprint density at radius 1 is 1.20 bits per heavy atom. The fourth-order valence-corrected chi connectivity index (χ4v) is 2.35. The number of anilines is 1. The van der Waals surface area contributed by atoms with Crippen molar-refractivity contribution in [3.05, 3.63) is 34.4 Å². The average Bonchev–Trinajstić information content (AvgIpc) is 2.45. The quantitative estimate of drug-likeness (QED) is 0.782. The molecule has 2 aromatic rings. The van der Waals surface area contributed by atoms with Gasteiger partial charge in [0.2, 0.25) is 0 Å². The summed E-state index contributed by atoms with van der Waals surface area (Å²) in [5.74, 6) is -0.664. The van der Waals surface area contributed by atoms with E-state index in [9.17, 15) is 13.7 Å². The molecule has 3 rings (SSSR count). The highest BCUT2D eigenvalue weighted by Crippen LogP contribution is 2.18. The van der Waals surface area contributed by atoms with Gasteiger partial charge in [-0.1, -0.05) is 10.5 Å². The molecule has 0 bridgehead atoms. The molecule has 1 fully saturated rings. The van der Waals surface area contributed by atoms with E-state index in [-0.39, 0.29) is 21.6 Å². The molecular weight excluding hydrogens is 266 g/mol. The normalized spacial score (nSPS) is 16.9. The van der Waals surface area contributed by atoms with Gasteiger partial charge in [-0.3, -0.25) is 4.79 Å². The van der Waals surface area contributed by atoms with E-state index in [1.165, 1.54) is 18.2 Å². The Morgan fingerprint density at radius 2 is 1.90 bits per heavy atom. The molecule has 106 valence electrons. The number of piperazine rings is 1. The summed E-state index contributed by atoms with van der Waals surface area (Å²) in [5, 5.41) is 0. The van der Waals surface area contributed by atoms with Crippen molar-refractivity contribution < 1.29 is 8.87 Å². The van der Waals surface area contributed by atoms with Crippen molar-refractivity contribution in [3.63, 3.8) is 0 Å². The van der Waals surface area contributed by atoms with E-state index in [2.05, 4.69) is 9.88 Å². The van der Waals surface area contributed by atoms with E-state index in [1.54, 1.807) is 4.90 Å². The highest BCUT2D eigenvalue weighted by molar-refractivity contribution is 5.76. The maximum absolute atomic E-state index is 14.0. The second kappa shape index (κ2) is 4.82. The lowest BCUT2D eigenvalue weighted by molar-refractivity contribution is 0.310. The fourth-order valence-electron chi connectivity index (χ4n) is 2.35. The van der Waals surface area contributed by atoms with Crippen LogP contribution in [0.3, 0.4) is 0 Å². The summed E-state index contributed by atoms with van der Waals surface area (Å²) in [6.07, 6.45) is 0. The van der Waals surface area contributed by atoms with Crippen LogP contribution in [0.5, 0.6) is 0 Å². The lowest BCUT2D eigenvalue weighted by Gasteiger charge is -2.32. The van der Waals surface area contributed by atoms with Gasteiger partial charge in [0.05, 0.1) is 0 Å². The van der Waals surface area contributed by atoms with E-state index in [0.29, 0.717) is 13.1 Å². The van der Waals surface area contributed by atoms with Gasteiger partial charge in [0.25, 0.3) is 0 Å². The van der Waals surface area contributed by atoms with Crippen molar-refractivity contribution in [2.45, 2.75) is 0 Å². The molecule has 0 saturated carbocycles. The standard InChI is InChI=1S/C13H14F2N4O/c1-17-5-7-18(8-6-17)12-13(20)19(15)10-4-2-3-9(14)11(10)16-12/h2-4H,5-8H2,1H3. The maximum atomic E-state index is 14.0. The molecular formula is C13H14F2N4O. The topological polar surface area (TPSA) is 41.4 Å². The predicted octanol–water partition coefficient (Wildman–Crippen LogP) is 1.02. The SMILES string of the molecule is CN1CCN(c2nc3c(F)cccc3n(F)c2=O)CC1. The molecule has 1 aromatic carbocycles. The van der Waals surface area contributed by atoms with Crippen LogP contribution < -0.4 is 10.5 Å². The third kappa shape index (κ3) is 2.03. The molecule has 20 heavy (non-hydrogen) atoms. The van der Waals surface area contributed by atoms with Crippen molar-refractivity contribution in [2.75, 3.05) is 38.1 Å². The van der Waals surface area contributed by atoms with Gasteiger partial charge < -0.3 is 9.80 Å². The molecule has 0 aliphatic carbocycles. The van der Waals surface area contributed by atoms with E-state index in [0.717, 1.165) is 13.1 Å². The Kier molecular flexibility index (Phi) is 3.13. The molecule has 1 aliphatic heterocycles. The number of likely N-dealkylation sites (N-methyl/N-ethyl adjacent to an activating group) is 1. The predicted molar refractivity (Wildman–Crippen MR) is 72.2 cm³/mol. The van der Waals surface area contributed by atoms with Gasteiger partial charge in [0, 0.05) is 26.2 Å². The molecule has 1 aromatic heterocycles. The highest BCUT2D eigenvalue weighted by atomic mass is 19.2. The Morgan fingerprint density at radius 3 is 2.60 bits per heavy atom. The molecule has 5 nitrogen and oxygen atoms in total. The summed E-state index contributed by atoms with van der Waals surface area (Å²) in [7, 11) is 1.97. The first-order valence-electron chi connectivity index (χ1n) is 6.39. The minimum absolute atomic E-state index is 0.0287. The first-order chi connectivity index (χ1) is 9.58. The number of para-hydroxylation sites is 1. The van der Waals surface area contributed by atoms with Crippen LogP contribution in [0.4, 0.5) is 14.7 Å². The molecule has 0 unspecified atom stereocenters. The molecule has 0 N–H and O–H groups in total. The second-order valence-electron chi connectivity index (χ2n) is 4.92. The van der Waals surface area contributed by atoms with Gasteiger partial charge in [-0.15, -0.1) is 4.79 Å². The molecule has 7 heteroatoms. The fraction of sp³-hybridized carbons (Fsp3) is 0.385. The lowest BCUT2D eigenvalue weighted by Crippen LogP contribution is -2.47. The highest BCUT2D eigenvalue weighted by Gasteiger charge is 2.21. The average molecular weight is 280 g/mol. The molecule has 1 saturated heterocycles. The maximum Gasteiger partial charge on any atom is 0.322 e. The number of hydrogen-bond donors (Lipinski definition) is 0. The number of aromatic nitrogens is 2. The van der Waals surface area contributed by atoms with Crippen molar-refractivity contribution >= 4 is 16.9 Å². The first kappa shape index (κ1) is 13.0. The minimum atomic E-state index is -0.840. The van der Waals surface area contributed by atoms with Crippen LogP contribution in [-0.2, 0) is 0 Å². The Hall–Kier alpha value is -2.02. The van der Waals surface area contributed by atoms with Gasteiger partial charge in [0.15, 0.2) is 11.6 Å². The monoisotopic (exact) mass is 280 g/mol. The van der Waals surface area contributed by atoms with Crippen LogP contribution in [-0.4, -0.2) is 47.9 Å². The van der Waals surface area contributed by atoms with Gasteiger partial charge in [-0.2, -0.15) is 0 Å². The minimum Gasteiger partial charge on any atom is -0.349 e. The van der Waals surface area contributed by atoms with Gasteiger partial charge in [-0.05, 0) is 19.2 Å². The van der Waals surface area contributed by atoms with Gasteiger partial charge >= 0.3 is 5.56 Å². The summed E-state index contributed by atoms with van der Waals surface area (Å²) < 4.78 is 27.8. The largest absolute Gasteiger partial charge is 0.349 e. The second-order valence-corrected chi connectivity index (χ2v) is 4.92. The summed E-state index contributed by atoms with van der Waals surface area (Å²) >= 11 is 0. The zero-order chi connectivity index (χ0) is 14.3. The van der Waals surface area contributed by atoms with Crippen LogP contribution in [0.1, 0.15) is 0 Å². The molecule has 0 radical (unpaired) electrons. The number of hydrogen-bond acceptors (Lipinski definition) is 4. The van der Waals surface area contributed by atoms with Crippen molar-refractivity contribution in [3.8, 4) is 0 Å². The van der Waals surface area contributed by atoms with Crippen molar-refractivity contribution in [1.29, 1.82) is 0 Å². The van der Waals surface area contributed by atoms with E-state index >= 15 is 0 Å². The van der Waals surface area contributed by atoms with Crippen LogP contribution in [0, 0.1) is 5.82 Å². The smallest absolute Gasteiger partial charge is 0.322 e. The summed E-state index contributed by atoms with van der Waals surface area (Å²) in [6, 6.07) is 3.89. The molecule has 2 heterocycles. The third-order valence-corrected chi connectivity index (χ3v) is 3.57. The van der Waals surface area contributed by atoms with Crippen LogP contribution >= 0.6 is 0 Å². The number of halogens is 2. The third-order valence-electron chi connectivity index (χ3n) is 3.57. The van der Waals surface area contributed by atoms with Crippen molar-refractivity contribution in [2.24, 2.45) is 0 Å². The summed E-state index contributed by atoms with van der Waals surface area (Å²) in [5.41, 5.74) is -1.11.